The van der Waals surface area contributed by atoms with Crippen LogP contribution in [0.4, 0.5) is 0 Å². The molecule has 1 saturated heterocycles. The molecule has 21 heavy (non-hydrogen) atoms. The second-order valence-corrected chi connectivity index (χ2v) is 7.43. The average Bonchev–Trinajstić information content (AvgIpc) is 2.53. The lowest BCUT2D eigenvalue weighted by Gasteiger charge is -2.30. The second-order valence-electron chi connectivity index (χ2n) is 5.54. The summed E-state index contributed by atoms with van der Waals surface area (Å²) in [4.78, 5) is 4.15. The highest BCUT2D eigenvalue weighted by Crippen LogP contribution is 2.24. The van der Waals surface area contributed by atoms with Crippen LogP contribution in [0.1, 0.15) is 38.7 Å². The molecule has 0 atom stereocenters. The van der Waals surface area contributed by atoms with Crippen LogP contribution in [-0.4, -0.2) is 37.3 Å². The fourth-order valence-electron chi connectivity index (χ4n) is 2.63. The summed E-state index contributed by atoms with van der Waals surface area (Å²) in [5.41, 5.74) is 1.00. The van der Waals surface area contributed by atoms with Crippen molar-refractivity contribution in [3.63, 3.8) is 0 Å². The van der Waals surface area contributed by atoms with Crippen molar-refractivity contribution in [3.05, 3.63) is 23.9 Å². The van der Waals surface area contributed by atoms with Gasteiger partial charge < -0.3 is 5.32 Å². The molecule has 1 aliphatic heterocycles. The van der Waals surface area contributed by atoms with Crippen LogP contribution in [0.25, 0.3) is 0 Å². The van der Waals surface area contributed by atoms with Crippen LogP contribution in [0.2, 0.25) is 0 Å². The van der Waals surface area contributed by atoms with Gasteiger partial charge in [0.1, 0.15) is 0 Å². The van der Waals surface area contributed by atoms with E-state index in [1.54, 1.807) is 16.6 Å². The van der Waals surface area contributed by atoms with E-state index in [0.717, 1.165) is 31.4 Å². The average molecular weight is 311 g/mol. The van der Waals surface area contributed by atoms with Crippen molar-refractivity contribution in [2.45, 2.75) is 44.7 Å². The van der Waals surface area contributed by atoms with Gasteiger partial charge in [-0.1, -0.05) is 26.3 Å². The maximum absolute atomic E-state index is 12.6. The molecule has 0 radical (unpaired) electrons. The minimum Gasteiger partial charge on any atom is -0.313 e. The fraction of sp³-hybridized carbons (Fsp3) is 0.667. The molecule has 0 aromatic carbocycles. The predicted octanol–water partition coefficient (Wildman–Crippen LogP) is 2.00. The van der Waals surface area contributed by atoms with Crippen LogP contribution in [0.15, 0.2) is 23.4 Å². The predicted molar refractivity (Wildman–Crippen MR) is 83.4 cm³/mol. The molecule has 0 spiro atoms. The smallest absolute Gasteiger partial charge is 0.260 e. The van der Waals surface area contributed by atoms with E-state index in [2.05, 4.69) is 17.2 Å². The van der Waals surface area contributed by atoms with Crippen molar-refractivity contribution in [2.75, 3.05) is 19.6 Å². The summed E-state index contributed by atoms with van der Waals surface area (Å²) in [6.07, 6.45) is 4.68. The number of nitrogens with one attached hydrogen (secondary N) is 1. The lowest BCUT2D eigenvalue weighted by Crippen LogP contribution is -2.38. The summed E-state index contributed by atoms with van der Waals surface area (Å²) in [6, 6.07) is 3.45. The number of sulfonamides is 1. The van der Waals surface area contributed by atoms with Crippen LogP contribution < -0.4 is 5.32 Å². The van der Waals surface area contributed by atoms with Gasteiger partial charge in [-0.15, -0.1) is 0 Å². The Morgan fingerprint density at radius 2 is 2.00 bits per heavy atom. The first-order valence-corrected chi connectivity index (χ1v) is 9.17. The van der Waals surface area contributed by atoms with Crippen molar-refractivity contribution in [1.82, 2.24) is 14.6 Å². The van der Waals surface area contributed by atoms with Crippen molar-refractivity contribution in [1.29, 1.82) is 0 Å². The van der Waals surface area contributed by atoms with Crippen molar-refractivity contribution in [3.8, 4) is 0 Å². The van der Waals surface area contributed by atoms with E-state index in [-0.39, 0.29) is 5.03 Å². The second kappa shape index (κ2) is 7.33. The van der Waals surface area contributed by atoms with Gasteiger partial charge in [-0.3, -0.25) is 0 Å². The van der Waals surface area contributed by atoms with Crippen LogP contribution in [0.3, 0.4) is 0 Å². The Balaban J connectivity index is 2.05. The largest absolute Gasteiger partial charge is 0.313 e. The maximum Gasteiger partial charge on any atom is 0.260 e. The Hall–Kier alpha value is -0.980. The molecule has 1 fully saturated rings. The number of piperidine rings is 1. The van der Waals surface area contributed by atoms with Gasteiger partial charge in [0.15, 0.2) is 5.03 Å². The molecule has 1 aromatic rings. The Bertz CT molecular complexity index is 535. The van der Waals surface area contributed by atoms with Gasteiger partial charge in [-0.25, -0.2) is 13.4 Å². The zero-order valence-corrected chi connectivity index (χ0v) is 13.7. The minimum absolute atomic E-state index is 0.165. The fourth-order valence-corrected chi connectivity index (χ4v) is 4.01. The molecule has 6 heteroatoms. The van der Waals surface area contributed by atoms with E-state index < -0.39 is 10.0 Å². The SMILES string of the molecule is CCNCc1ccc(S(=O)(=O)N2CCC(CC)CC2)nc1. The first-order chi connectivity index (χ1) is 10.1. The molecule has 0 saturated carbocycles. The summed E-state index contributed by atoms with van der Waals surface area (Å²) in [6.45, 7) is 7.02. The van der Waals surface area contributed by atoms with Gasteiger partial charge in [-0.2, -0.15) is 4.31 Å². The molecule has 118 valence electrons. The molecule has 0 aliphatic carbocycles. The molecule has 0 unspecified atom stereocenters. The standard InChI is InChI=1S/C15H25N3O2S/c1-3-13-7-9-18(10-8-13)21(19,20)15-6-5-14(12-17-15)11-16-4-2/h5-6,12-13,16H,3-4,7-11H2,1-2H3. The lowest BCUT2D eigenvalue weighted by atomic mass is 9.96. The summed E-state index contributed by atoms with van der Waals surface area (Å²) in [5, 5.41) is 3.36. The number of aromatic nitrogens is 1. The number of nitrogens with zero attached hydrogens (tertiary/aromatic N) is 2. The third-order valence-electron chi connectivity index (χ3n) is 4.13. The lowest BCUT2D eigenvalue weighted by molar-refractivity contribution is 0.268. The van der Waals surface area contributed by atoms with E-state index in [1.807, 2.05) is 13.0 Å². The van der Waals surface area contributed by atoms with Gasteiger partial charge in [-0.05, 0) is 36.9 Å². The van der Waals surface area contributed by atoms with E-state index in [0.29, 0.717) is 25.6 Å². The van der Waals surface area contributed by atoms with E-state index in [1.165, 1.54) is 0 Å². The topological polar surface area (TPSA) is 62.3 Å². The number of hydrogen-bond donors (Lipinski definition) is 1. The van der Waals surface area contributed by atoms with Gasteiger partial charge in [0.25, 0.3) is 10.0 Å². The highest BCUT2D eigenvalue weighted by molar-refractivity contribution is 7.89. The Kier molecular flexibility index (Phi) is 5.72. The van der Waals surface area contributed by atoms with Crippen molar-refractivity contribution in [2.24, 2.45) is 5.92 Å². The van der Waals surface area contributed by atoms with Gasteiger partial charge in [0, 0.05) is 25.8 Å². The summed E-state index contributed by atoms with van der Waals surface area (Å²) in [5.74, 6) is 0.659. The normalized spacial score (nSPS) is 18.0. The maximum atomic E-state index is 12.6. The third-order valence-corrected chi connectivity index (χ3v) is 5.95. The molecule has 2 rings (SSSR count). The molecular formula is C15H25N3O2S. The molecule has 0 amide bonds. The van der Waals surface area contributed by atoms with Crippen molar-refractivity contribution >= 4 is 10.0 Å². The van der Waals surface area contributed by atoms with Gasteiger partial charge in [0.05, 0.1) is 0 Å². The third kappa shape index (κ3) is 4.02. The molecule has 2 heterocycles. The molecule has 1 N–H and O–H groups in total. The monoisotopic (exact) mass is 311 g/mol. The summed E-state index contributed by atoms with van der Waals surface area (Å²) in [7, 11) is -3.43. The van der Waals surface area contributed by atoms with E-state index in [9.17, 15) is 8.42 Å². The van der Waals surface area contributed by atoms with Crippen molar-refractivity contribution < 1.29 is 8.42 Å². The first-order valence-electron chi connectivity index (χ1n) is 7.73. The number of hydrogen-bond acceptors (Lipinski definition) is 4. The van der Waals surface area contributed by atoms with Gasteiger partial charge in [0.2, 0.25) is 0 Å². The molecule has 1 aliphatic rings. The summed E-state index contributed by atoms with van der Waals surface area (Å²) < 4.78 is 26.7. The van der Waals surface area contributed by atoms with E-state index in [4.69, 9.17) is 0 Å². The van der Waals surface area contributed by atoms with E-state index >= 15 is 0 Å². The number of rotatable bonds is 6. The molecule has 1 aromatic heterocycles. The summed E-state index contributed by atoms with van der Waals surface area (Å²) >= 11 is 0. The quantitative estimate of drug-likeness (QED) is 0.873. The van der Waals surface area contributed by atoms with Crippen LogP contribution in [-0.2, 0) is 16.6 Å². The van der Waals surface area contributed by atoms with Crippen LogP contribution in [0, 0.1) is 5.92 Å². The van der Waals surface area contributed by atoms with Crippen LogP contribution in [0.5, 0.6) is 0 Å². The van der Waals surface area contributed by atoms with Gasteiger partial charge >= 0.3 is 0 Å². The van der Waals surface area contributed by atoms with Crippen LogP contribution >= 0.6 is 0 Å². The first kappa shape index (κ1) is 16.4. The molecule has 5 nitrogen and oxygen atoms in total. The molecular weight excluding hydrogens is 286 g/mol. The zero-order valence-electron chi connectivity index (χ0n) is 12.9. The zero-order chi connectivity index (χ0) is 15.3. The Morgan fingerprint density at radius 1 is 1.29 bits per heavy atom. The highest BCUT2D eigenvalue weighted by Gasteiger charge is 2.29. The Morgan fingerprint density at radius 3 is 2.52 bits per heavy atom. The number of pyridine rings is 1. The molecule has 0 bridgehead atoms. The Labute approximate surface area is 127 Å². The minimum atomic E-state index is -3.43. The highest BCUT2D eigenvalue weighted by atomic mass is 32.2.